The van der Waals surface area contributed by atoms with Gasteiger partial charge in [-0.25, -0.2) is 4.79 Å². The Morgan fingerprint density at radius 3 is 2.93 bits per heavy atom. The van der Waals surface area contributed by atoms with Crippen LogP contribution in [0.5, 0.6) is 0 Å². The fraction of sp³-hybridized carbons (Fsp3) is 0.600. The predicted octanol–water partition coefficient (Wildman–Crippen LogP) is 0.539. The standard InChI is InChI=1S/C10H15N3O/c1-6(2)9-7-3-4-11-5-8(7)12-10(14)13-9/h6,11H,3-5H2,1-2H3,(H,12,13,14). The number of H-pyrrole nitrogens is 1. The Balaban J connectivity index is 2.58. The minimum atomic E-state index is -0.226. The molecule has 4 nitrogen and oxygen atoms in total. The third-order valence-electron chi connectivity index (χ3n) is 2.55. The van der Waals surface area contributed by atoms with Crippen molar-refractivity contribution in [3.05, 3.63) is 27.4 Å². The molecule has 1 aromatic heterocycles. The van der Waals surface area contributed by atoms with Crippen molar-refractivity contribution in [2.75, 3.05) is 6.54 Å². The molecule has 0 fully saturated rings. The number of aromatic amines is 1. The molecule has 0 aliphatic carbocycles. The van der Waals surface area contributed by atoms with Crippen LogP contribution in [0.15, 0.2) is 4.79 Å². The molecule has 1 aliphatic heterocycles. The number of hydrogen-bond acceptors (Lipinski definition) is 3. The molecular formula is C10H15N3O. The molecule has 2 N–H and O–H groups in total. The molecule has 1 aliphatic rings. The van der Waals surface area contributed by atoms with Gasteiger partial charge in [0.25, 0.3) is 0 Å². The second-order valence-electron chi connectivity index (χ2n) is 3.97. The maximum absolute atomic E-state index is 11.3. The van der Waals surface area contributed by atoms with Gasteiger partial charge in [-0.2, -0.15) is 4.98 Å². The van der Waals surface area contributed by atoms with Crippen molar-refractivity contribution in [2.24, 2.45) is 0 Å². The van der Waals surface area contributed by atoms with Gasteiger partial charge in [0.2, 0.25) is 0 Å². The first-order chi connectivity index (χ1) is 6.68. The van der Waals surface area contributed by atoms with Crippen molar-refractivity contribution in [3.63, 3.8) is 0 Å². The van der Waals surface area contributed by atoms with Gasteiger partial charge in [-0.3, -0.25) is 0 Å². The highest BCUT2D eigenvalue weighted by molar-refractivity contribution is 5.28. The maximum Gasteiger partial charge on any atom is 0.345 e. The van der Waals surface area contributed by atoms with Crippen molar-refractivity contribution in [1.29, 1.82) is 0 Å². The molecule has 0 bridgehead atoms. The highest BCUT2D eigenvalue weighted by Gasteiger charge is 2.17. The molecule has 0 radical (unpaired) electrons. The van der Waals surface area contributed by atoms with Crippen molar-refractivity contribution in [1.82, 2.24) is 15.3 Å². The van der Waals surface area contributed by atoms with Crippen LogP contribution in [0.25, 0.3) is 0 Å². The smallest absolute Gasteiger partial charge is 0.311 e. The number of fused-ring (bicyclic) bond motifs is 1. The van der Waals surface area contributed by atoms with Crippen molar-refractivity contribution in [2.45, 2.75) is 32.7 Å². The fourth-order valence-electron chi connectivity index (χ4n) is 1.90. The molecule has 0 unspecified atom stereocenters. The van der Waals surface area contributed by atoms with Crippen LogP contribution in [-0.2, 0) is 13.0 Å². The van der Waals surface area contributed by atoms with Crippen LogP contribution in [0.2, 0.25) is 0 Å². The first-order valence-corrected chi connectivity index (χ1v) is 5.01. The van der Waals surface area contributed by atoms with Gasteiger partial charge in [0.05, 0.1) is 5.69 Å². The molecule has 0 saturated heterocycles. The van der Waals surface area contributed by atoms with Crippen molar-refractivity contribution < 1.29 is 0 Å². The Morgan fingerprint density at radius 2 is 2.21 bits per heavy atom. The first-order valence-electron chi connectivity index (χ1n) is 5.01. The SMILES string of the molecule is CC(C)c1nc(=O)[nH]c2c1CCNC2. The van der Waals surface area contributed by atoms with E-state index in [0.29, 0.717) is 5.92 Å². The van der Waals surface area contributed by atoms with Gasteiger partial charge in [0, 0.05) is 12.2 Å². The summed E-state index contributed by atoms with van der Waals surface area (Å²) in [5, 5.41) is 3.24. The van der Waals surface area contributed by atoms with E-state index in [2.05, 4.69) is 29.1 Å². The van der Waals surface area contributed by atoms with Crippen LogP contribution in [0, 0.1) is 0 Å². The van der Waals surface area contributed by atoms with E-state index in [4.69, 9.17) is 0 Å². The van der Waals surface area contributed by atoms with E-state index in [1.807, 2.05) is 0 Å². The molecule has 76 valence electrons. The summed E-state index contributed by atoms with van der Waals surface area (Å²) < 4.78 is 0. The van der Waals surface area contributed by atoms with E-state index >= 15 is 0 Å². The van der Waals surface area contributed by atoms with E-state index < -0.39 is 0 Å². The minimum absolute atomic E-state index is 0.226. The molecule has 4 heteroatoms. The van der Waals surface area contributed by atoms with E-state index in [1.54, 1.807) is 0 Å². The quantitative estimate of drug-likeness (QED) is 0.684. The zero-order valence-electron chi connectivity index (χ0n) is 8.55. The Bertz CT molecular complexity index is 395. The summed E-state index contributed by atoms with van der Waals surface area (Å²) in [5.41, 5.74) is 2.99. The Morgan fingerprint density at radius 1 is 1.43 bits per heavy atom. The van der Waals surface area contributed by atoms with Crippen LogP contribution in [0.4, 0.5) is 0 Å². The summed E-state index contributed by atoms with van der Waals surface area (Å²) in [4.78, 5) is 18.1. The summed E-state index contributed by atoms with van der Waals surface area (Å²) in [6.07, 6.45) is 0.965. The van der Waals surface area contributed by atoms with Gasteiger partial charge in [-0.15, -0.1) is 0 Å². The Hall–Kier alpha value is -1.16. The second kappa shape index (κ2) is 3.53. The van der Waals surface area contributed by atoms with Crippen LogP contribution in [0.1, 0.15) is 36.7 Å². The number of aromatic nitrogens is 2. The number of nitrogens with zero attached hydrogens (tertiary/aromatic N) is 1. The van der Waals surface area contributed by atoms with Crippen LogP contribution in [0.3, 0.4) is 0 Å². The minimum Gasteiger partial charge on any atom is -0.311 e. The fourth-order valence-corrected chi connectivity index (χ4v) is 1.90. The number of nitrogens with one attached hydrogen (secondary N) is 2. The number of hydrogen-bond donors (Lipinski definition) is 2. The zero-order valence-corrected chi connectivity index (χ0v) is 8.55. The molecule has 0 aromatic carbocycles. The van der Waals surface area contributed by atoms with Gasteiger partial charge in [-0.1, -0.05) is 13.8 Å². The van der Waals surface area contributed by atoms with Crippen LogP contribution >= 0.6 is 0 Å². The van der Waals surface area contributed by atoms with Crippen molar-refractivity contribution >= 4 is 0 Å². The maximum atomic E-state index is 11.3. The van der Waals surface area contributed by atoms with E-state index in [9.17, 15) is 4.79 Å². The molecule has 0 atom stereocenters. The lowest BCUT2D eigenvalue weighted by molar-refractivity contribution is 0.603. The molecule has 0 amide bonds. The first kappa shape index (κ1) is 9.40. The van der Waals surface area contributed by atoms with E-state index in [-0.39, 0.29) is 5.69 Å². The average molecular weight is 193 g/mol. The van der Waals surface area contributed by atoms with Crippen molar-refractivity contribution in [3.8, 4) is 0 Å². The number of rotatable bonds is 1. The zero-order chi connectivity index (χ0) is 10.1. The lowest BCUT2D eigenvalue weighted by Crippen LogP contribution is -2.30. The predicted molar refractivity (Wildman–Crippen MR) is 54.4 cm³/mol. The third-order valence-corrected chi connectivity index (χ3v) is 2.55. The highest BCUT2D eigenvalue weighted by Crippen LogP contribution is 2.19. The Labute approximate surface area is 82.8 Å². The monoisotopic (exact) mass is 193 g/mol. The lowest BCUT2D eigenvalue weighted by atomic mass is 9.98. The molecule has 1 aromatic rings. The van der Waals surface area contributed by atoms with Gasteiger partial charge >= 0.3 is 5.69 Å². The normalized spacial score (nSPS) is 15.6. The average Bonchev–Trinajstić information content (AvgIpc) is 2.16. The molecular weight excluding hydrogens is 178 g/mol. The van der Waals surface area contributed by atoms with Gasteiger partial charge in [0.1, 0.15) is 0 Å². The van der Waals surface area contributed by atoms with Gasteiger partial charge in [-0.05, 0) is 24.4 Å². The molecule has 0 spiro atoms. The summed E-state index contributed by atoms with van der Waals surface area (Å²) in [6, 6.07) is 0. The molecule has 2 heterocycles. The topological polar surface area (TPSA) is 57.8 Å². The van der Waals surface area contributed by atoms with Gasteiger partial charge < -0.3 is 10.3 Å². The van der Waals surface area contributed by atoms with E-state index in [1.165, 1.54) is 5.56 Å². The molecule has 0 saturated carbocycles. The summed E-state index contributed by atoms with van der Waals surface area (Å²) in [7, 11) is 0. The Kier molecular flexibility index (Phi) is 2.37. The molecule has 14 heavy (non-hydrogen) atoms. The van der Waals surface area contributed by atoms with Gasteiger partial charge in [0.15, 0.2) is 0 Å². The summed E-state index contributed by atoms with van der Waals surface area (Å²) >= 11 is 0. The second-order valence-corrected chi connectivity index (χ2v) is 3.97. The largest absolute Gasteiger partial charge is 0.345 e. The third kappa shape index (κ3) is 1.57. The van der Waals surface area contributed by atoms with E-state index in [0.717, 1.165) is 30.9 Å². The summed E-state index contributed by atoms with van der Waals surface area (Å²) in [5.74, 6) is 0.323. The molecule has 2 rings (SSSR count). The summed E-state index contributed by atoms with van der Waals surface area (Å²) in [6.45, 7) is 5.88. The lowest BCUT2D eigenvalue weighted by Gasteiger charge is -2.20. The highest BCUT2D eigenvalue weighted by atomic mass is 16.1. The van der Waals surface area contributed by atoms with Crippen LogP contribution in [-0.4, -0.2) is 16.5 Å². The van der Waals surface area contributed by atoms with Crippen LogP contribution < -0.4 is 11.0 Å².